The molecule has 92 valence electrons. The van der Waals surface area contributed by atoms with Crippen LogP contribution in [0.1, 0.15) is 55.6 Å². The topological polar surface area (TPSA) is 26.0 Å². The van der Waals surface area contributed by atoms with Gasteiger partial charge in [0.05, 0.1) is 0 Å². The van der Waals surface area contributed by atoms with Crippen LogP contribution in [0.3, 0.4) is 0 Å². The third kappa shape index (κ3) is 2.26. The van der Waals surface area contributed by atoms with E-state index in [1.54, 1.807) is 0 Å². The van der Waals surface area contributed by atoms with Gasteiger partial charge in [0, 0.05) is 11.5 Å². The van der Waals surface area contributed by atoms with Crippen molar-refractivity contribution in [2.75, 3.05) is 0 Å². The summed E-state index contributed by atoms with van der Waals surface area (Å²) in [6.45, 7) is 2.17. The first-order valence-electron chi connectivity index (χ1n) is 7.03. The Hall–Kier alpha value is -0.820. The second-order valence-electron chi connectivity index (χ2n) is 6.26. The largest absolute Gasteiger partial charge is 0.325 e. The quantitative estimate of drug-likeness (QED) is 0.839. The SMILES string of the molecule is Cc1cccc(C2CC2(N)CC2CCCC2)c1. The van der Waals surface area contributed by atoms with E-state index in [1.807, 2.05) is 0 Å². The normalized spacial score (nSPS) is 32.9. The molecule has 0 aliphatic heterocycles. The fraction of sp³-hybridized carbons (Fsp3) is 0.625. The van der Waals surface area contributed by atoms with Gasteiger partial charge in [-0.3, -0.25) is 0 Å². The van der Waals surface area contributed by atoms with E-state index < -0.39 is 0 Å². The van der Waals surface area contributed by atoms with Gasteiger partial charge in [0.2, 0.25) is 0 Å². The predicted molar refractivity (Wildman–Crippen MR) is 72.0 cm³/mol. The molecule has 0 bridgehead atoms. The van der Waals surface area contributed by atoms with Gasteiger partial charge in [0.25, 0.3) is 0 Å². The van der Waals surface area contributed by atoms with E-state index in [4.69, 9.17) is 5.73 Å². The fourth-order valence-corrected chi connectivity index (χ4v) is 3.64. The molecular formula is C16H23N. The summed E-state index contributed by atoms with van der Waals surface area (Å²) in [5, 5.41) is 0. The minimum atomic E-state index is 0.128. The van der Waals surface area contributed by atoms with Crippen LogP contribution < -0.4 is 5.73 Å². The maximum atomic E-state index is 6.55. The summed E-state index contributed by atoms with van der Waals surface area (Å²) in [6.07, 6.45) is 8.14. The Balaban J connectivity index is 1.67. The van der Waals surface area contributed by atoms with Crippen molar-refractivity contribution in [2.24, 2.45) is 11.7 Å². The van der Waals surface area contributed by atoms with Crippen LogP contribution in [-0.4, -0.2) is 5.54 Å². The van der Waals surface area contributed by atoms with E-state index >= 15 is 0 Å². The Morgan fingerprint density at radius 2 is 2.06 bits per heavy atom. The Morgan fingerprint density at radius 3 is 2.76 bits per heavy atom. The lowest BCUT2D eigenvalue weighted by molar-refractivity contribution is 0.424. The highest BCUT2D eigenvalue weighted by Crippen LogP contribution is 2.54. The molecule has 1 heteroatoms. The Bertz CT molecular complexity index is 406. The van der Waals surface area contributed by atoms with Crippen molar-refractivity contribution in [3.63, 3.8) is 0 Å². The van der Waals surface area contributed by atoms with Crippen molar-refractivity contribution >= 4 is 0 Å². The van der Waals surface area contributed by atoms with Gasteiger partial charge in [0.15, 0.2) is 0 Å². The number of hydrogen-bond donors (Lipinski definition) is 1. The van der Waals surface area contributed by atoms with Crippen LogP contribution >= 0.6 is 0 Å². The highest BCUT2D eigenvalue weighted by Gasteiger charge is 2.52. The third-order valence-electron chi connectivity index (χ3n) is 4.71. The number of benzene rings is 1. The highest BCUT2D eigenvalue weighted by atomic mass is 14.9. The average molecular weight is 229 g/mol. The Labute approximate surface area is 104 Å². The summed E-state index contributed by atoms with van der Waals surface area (Å²) in [5.74, 6) is 1.54. The van der Waals surface area contributed by atoms with Crippen molar-refractivity contribution in [1.29, 1.82) is 0 Å². The van der Waals surface area contributed by atoms with Crippen LogP contribution in [0.15, 0.2) is 24.3 Å². The molecule has 0 spiro atoms. The van der Waals surface area contributed by atoms with Gasteiger partial charge >= 0.3 is 0 Å². The number of aryl methyl sites for hydroxylation is 1. The number of rotatable bonds is 3. The summed E-state index contributed by atoms with van der Waals surface area (Å²) in [4.78, 5) is 0. The van der Waals surface area contributed by atoms with Crippen LogP contribution in [0.4, 0.5) is 0 Å². The lowest BCUT2D eigenvalue weighted by Crippen LogP contribution is -2.27. The van der Waals surface area contributed by atoms with Gasteiger partial charge in [-0.15, -0.1) is 0 Å². The van der Waals surface area contributed by atoms with Crippen LogP contribution in [0.2, 0.25) is 0 Å². The summed E-state index contributed by atoms with van der Waals surface area (Å²) in [5.41, 5.74) is 9.50. The van der Waals surface area contributed by atoms with E-state index in [0.29, 0.717) is 5.92 Å². The molecule has 1 nitrogen and oxygen atoms in total. The van der Waals surface area contributed by atoms with E-state index in [-0.39, 0.29) is 5.54 Å². The smallest absolute Gasteiger partial charge is 0.0233 e. The van der Waals surface area contributed by atoms with Crippen LogP contribution in [-0.2, 0) is 0 Å². The molecule has 0 heterocycles. The summed E-state index contributed by atoms with van der Waals surface area (Å²) in [6, 6.07) is 8.90. The van der Waals surface area contributed by atoms with Crippen LogP contribution in [0, 0.1) is 12.8 Å². The second-order valence-corrected chi connectivity index (χ2v) is 6.26. The lowest BCUT2D eigenvalue weighted by atomic mass is 9.94. The second kappa shape index (κ2) is 4.13. The highest BCUT2D eigenvalue weighted by molar-refractivity contribution is 5.35. The molecule has 3 rings (SSSR count). The third-order valence-corrected chi connectivity index (χ3v) is 4.71. The molecule has 2 unspecified atom stereocenters. The summed E-state index contributed by atoms with van der Waals surface area (Å²) < 4.78 is 0. The van der Waals surface area contributed by atoms with Crippen molar-refractivity contribution < 1.29 is 0 Å². The van der Waals surface area contributed by atoms with Crippen molar-refractivity contribution in [3.8, 4) is 0 Å². The van der Waals surface area contributed by atoms with Crippen molar-refractivity contribution in [2.45, 2.75) is 56.9 Å². The van der Waals surface area contributed by atoms with Gasteiger partial charge in [0.1, 0.15) is 0 Å². The van der Waals surface area contributed by atoms with E-state index in [9.17, 15) is 0 Å². The average Bonchev–Trinajstić information content (AvgIpc) is 2.72. The number of nitrogens with two attached hydrogens (primary N) is 1. The van der Waals surface area contributed by atoms with E-state index in [0.717, 1.165) is 5.92 Å². The first kappa shape index (κ1) is 11.3. The molecule has 2 saturated carbocycles. The molecule has 2 atom stereocenters. The molecule has 2 fully saturated rings. The minimum absolute atomic E-state index is 0.128. The molecule has 1 aromatic carbocycles. The molecule has 0 saturated heterocycles. The molecule has 17 heavy (non-hydrogen) atoms. The molecule has 1 aromatic rings. The van der Waals surface area contributed by atoms with Gasteiger partial charge < -0.3 is 5.73 Å². The standard InChI is InChI=1S/C16H23N/c1-12-5-4-8-14(9-12)15-11-16(15,17)10-13-6-2-3-7-13/h4-5,8-9,13,15H,2-3,6-7,10-11,17H2,1H3. The van der Waals surface area contributed by atoms with Crippen molar-refractivity contribution in [3.05, 3.63) is 35.4 Å². The predicted octanol–water partition coefficient (Wildman–Crippen LogP) is 3.76. The Morgan fingerprint density at radius 1 is 1.29 bits per heavy atom. The molecule has 0 radical (unpaired) electrons. The zero-order valence-corrected chi connectivity index (χ0v) is 10.8. The molecule has 2 N–H and O–H groups in total. The van der Waals surface area contributed by atoms with Gasteiger partial charge in [-0.2, -0.15) is 0 Å². The van der Waals surface area contributed by atoms with E-state index in [1.165, 1.54) is 49.7 Å². The minimum Gasteiger partial charge on any atom is -0.325 e. The number of hydrogen-bond acceptors (Lipinski definition) is 1. The fourth-order valence-electron chi connectivity index (χ4n) is 3.64. The summed E-state index contributed by atoms with van der Waals surface area (Å²) in [7, 11) is 0. The first-order valence-corrected chi connectivity index (χ1v) is 7.03. The molecule has 0 amide bonds. The molecule has 2 aliphatic carbocycles. The molecule has 0 aromatic heterocycles. The van der Waals surface area contributed by atoms with Gasteiger partial charge in [-0.25, -0.2) is 0 Å². The molecule has 2 aliphatic rings. The monoisotopic (exact) mass is 229 g/mol. The molecular weight excluding hydrogens is 206 g/mol. The van der Waals surface area contributed by atoms with Crippen molar-refractivity contribution in [1.82, 2.24) is 0 Å². The van der Waals surface area contributed by atoms with Crippen LogP contribution in [0.5, 0.6) is 0 Å². The Kier molecular flexibility index (Phi) is 2.74. The first-order chi connectivity index (χ1) is 8.17. The lowest BCUT2D eigenvalue weighted by Gasteiger charge is -2.17. The maximum absolute atomic E-state index is 6.55. The summed E-state index contributed by atoms with van der Waals surface area (Å²) >= 11 is 0. The van der Waals surface area contributed by atoms with Crippen LogP contribution in [0.25, 0.3) is 0 Å². The zero-order chi connectivity index (χ0) is 11.9. The van der Waals surface area contributed by atoms with E-state index in [2.05, 4.69) is 31.2 Å². The maximum Gasteiger partial charge on any atom is 0.0233 e. The van der Waals surface area contributed by atoms with Gasteiger partial charge in [-0.05, 0) is 31.2 Å². The van der Waals surface area contributed by atoms with Gasteiger partial charge in [-0.1, -0.05) is 55.5 Å². The zero-order valence-electron chi connectivity index (χ0n) is 10.8.